The number of methoxy groups -OCH3 is 1. The quantitative estimate of drug-likeness (QED) is 0.801. The molecule has 26 heavy (non-hydrogen) atoms. The second kappa shape index (κ2) is 8.47. The monoisotopic (exact) mass is 357 g/mol. The number of halogens is 1. The second-order valence-electron chi connectivity index (χ2n) is 7.04. The normalized spacial score (nSPS) is 15.6. The standard InChI is InChI=1S/C22H28FNO2/c1-16(13-18-9-11-21(26-5)12-10-18)22(25,17(2)15-24(3)4)19-7-6-8-20(23)14-19/h6-14,17,25H,15H2,1-5H3/b16-13-. The van der Waals surface area contributed by atoms with Crippen molar-refractivity contribution in [2.45, 2.75) is 19.4 Å². The van der Waals surface area contributed by atoms with Crippen LogP contribution in [0.5, 0.6) is 5.75 Å². The van der Waals surface area contributed by atoms with Crippen LogP contribution < -0.4 is 4.74 Å². The fourth-order valence-corrected chi connectivity index (χ4v) is 3.37. The van der Waals surface area contributed by atoms with Crippen LogP contribution in [0.3, 0.4) is 0 Å². The largest absolute Gasteiger partial charge is 0.497 e. The van der Waals surface area contributed by atoms with Crippen LogP contribution in [0, 0.1) is 11.7 Å². The van der Waals surface area contributed by atoms with Gasteiger partial charge >= 0.3 is 0 Å². The molecule has 0 aliphatic heterocycles. The lowest BCUT2D eigenvalue weighted by Crippen LogP contribution is -2.40. The highest BCUT2D eigenvalue weighted by atomic mass is 19.1. The molecule has 0 heterocycles. The molecule has 0 aromatic heterocycles. The summed E-state index contributed by atoms with van der Waals surface area (Å²) in [4.78, 5) is 2.02. The van der Waals surface area contributed by atoms with Gasteiger partial charge < -0.3 is 14.7 Å². The van der Waals surface area contributed by atoms with Gasteiger partial charge in [-0.2, -0.15) is 0 Å². The van der Waals surface area contributed by atoms with Crippen LogP contribution in [0.4, 0.5) is 4.39 Å². The highest BCUT2D eigenvalue weighted by Gasteiger charge is 2.38. The molecule has 2 atom stereocenters. The van der Waals surface area contributed by atoms with E-state index in [1.165, 1.54) is 12.1 Å². The molecule has 0 radical (unpaired) electrons. The number of benzene rings is 2. The molecule has 2 aromatic rings. The Balaban J connectivity index is 2.49. The summed E-state index contributed by atoms with van der Waals surface area (Å²) >= 11 is 0. The highest BCUT2D eigenvalue weighted by molar-refractivity contribution is 5.57. The Labute approximate surface area is 155 Å². The Morgan fingerprint density at radius 3 is 2.42 bits per heavy atom. The lowest BCUT2D eigenvalue weighted by molar-refractivity contribution is 0.0103. The fraction of sp³-hybridized carbons (Fsp3) is 0.364. The molecule has 0 saturated heterocycles. The molecule has 0 bridgehead atoms. The summed E-state index contributed by atoms with van der Waals surface area (Å²) in [6.07, 6.45) is 1.94. The molecule has 2 rings (SSSR count). The first-order valence-corrected chi connectivity index (χ1v) is 8.73. The Bertz CT molecular complexity index is 755. The number of rotatable bonds is 7. The molecule has 3 nitrogen and oxygen atoms in total. The molecule has 0 fully saturated rings. The minimum atomic E-state index is -1.27. The number of aliphatic hydroxyl groups is 1. The van der Waals surface area contributed by atoms with Crippen LogP contribution in [0.15, 0.2) is 54.1 Å². The van der Waals surface area contributed by atoms with Crippen molar-refractivity contribution in [1.82, 2.24) is 4.90 Å². The molecule has 140 valence electrons. The zero-order chi connectivity index (χ0) is 19.3. The van der Waals surface area contributed by atoms with Crippen molar-refractivity contribution in [1.29, 1.82) is 0 Å². The summed E-state index contributed by atoms with van der Waals surface area (Å²) in [6.45, 7) is 4.54. The van der Waals surface area contributed by atoms with Crippen molar-refractivity contribution >= 4 is 6.08 Å². The lowest BCUT2D eigenvalue weighted by atomic mass is 9.76. The molecule has 0 saturated carbocycles. The van der Waals surface area contributed by atoms with E-state index < -0.39 is 5.60 Å². The Hall–Kier alpha value is -2.17. The van der Waals surface area contributed by atoms with E-state index in [-0.39, 0.29) is 11.7 Å². The first kappa shape index (κ1) is 20.1. The molecule has 0 aliphatic carbocycles. The van der Waals surface area contributed by atoms with Gasteiger partial charge in [0.25, 0.3) is 0 Å². The summed E-state index contributed by atoms with van der Waals surface area (Å²) in [5, 5.41) is 11.7. The molecular formula is C22H28FNO2. The molecular weight excluding hydrogens is 329 g/mol. The van der Waals surface area contributed by atoms with Gasteiger partial charge in [0.05, 0.1) is 7.11 Å². The third-order valence-corrected chi connectivity index (χ3v) is 4.72. The van der Waals surface area contributed by atoms with Gasteiger partial charge in [-0.25, -0.2) is 4.39 Å². The van der Waals surface area contributed by atoms with E-state index in [4.69, 9.17) is 4.74 Å². The third-order valence-electron chi connectivity index (χ3n) is 4.72. The Kier molecular flexibility index (Phi) is 6.57. The van der Waals surface area contributed by atoms with Crippen molar-refractivity contribution in [2.24, 2.45) is 5.92 Å². The first-order chi connectivity index (χ1) is 12.3. The van der Waals surface area contributed by atoms with E-state index in [1.807, 2.05) is 63.2 Å². The molecule has 4 heteroatoms. The van der Waals surface area contributed by atoms with Crippen molar-refractivity contribution in [3.8, 4) is 5.75 Å². The second-order valence-corrected chi connectivity index (χ2v) is 7.04. The minimum absolute atomic E-state index is 0.131. The van der Waals surface area contributed by atoms with Gasteiger partial charge in [-0.15, -0.1) is 0 Å². The topological polar surface area (TPSA) is 32.7 Å². The lowest BCUT2D eigenvalue weighted by Gasteiger charge is -2.37. The van der Waals surface area contributed by atoms with E-state index in [1.54, 1.807) is 19.2 Å². The summed E-state index contributed by atoms with van der Waals surface area (Å²) in [5.74, 6) is 0.296. The fourth-order valence-electron chi connectivity index (χ4n) is 3.37. The van der Waals surface area contributed by atoms with Crippen molar-refractivity contribution in [3.05, 3.63) is 71.0 Å². The van der Waals surface area contributed by atoms with Crippen LogP contribution in [0.2, 0.25) is 0 Å². The molecule has 1 N–H and O–H groups in total. The van der Waals surface area contributed by atoms with Crippen LogP contribution in [-0.2, 0) is 5.60 Å². The van der Waals surface area contributed by atoms with Gasteiger partial charge in [0.15, 0.2) is 0 Å². The molecule has 2 unspecified atom stereocenters. The molecule has 0 aliphatic rings. The Morgan fingerprint density at radius 1 is 1.23 bits per heavy atom. The van der Waals surface area contributed by atoms with Crippen molar-refractivity contribution in [2.75, 3.05) is 27.7 Å². The van der Waals surface area contributed by atoms with Crippen LogP contribution in [0.1, 0.15) is 25.0 Å². The van der Waals surface area contributed by atoms with Crippen LogP contribution in [-0.4, -0.2) is 37.8 Å². The maximum atomic E-state index is 13.8. The highest BCUT2D eigenvalue weighted by Crippen LogP contribution is 2.38. The average Bonchev–Trinajstić information content (AvgIpc) is 2.60. The van der Waals surface area contributed by atoms with E-state index in [0.717, 1.165) is 16.9 Å². The zero-order valence-electron chi connectivity index (χ0n) is 16.2. The number of hydrogen-bond donors (Lipinski definition) is 1. The first-order valence-electron chi connectivity index (χ1n) is 8.73. The number of ether oxygens (including phenoxy) is 1. The van der Waals surface area contributed by atoms with E-state index in [0.29, 0.717) is 12.1 Å². The Morgan fingerprint density at radius 2 is 1.88 bits per heavy atom. The van der Waals surface area contributed by atoms with E-state index >= 15 is 0 Å². The predicted octanol–water partition coefficient (Wildman–Crippen LogP) is 4.32. The molecule has 0 amide bonds. The van der Waals surface area contributed by atoms with Gasteiger partial charge in [-0.3, -0.25) is 0 Å². The minimum Gasteiger partial charge on any atom is -0.497 e. The predicted molar refractivity (Wildman–Crippen MR) is 105 cm³/mol. The van der Waals surface area contributed by atoms with Gasteiger partial charge in [-0.1, -0.05) is 37.3 Å². The van der Waals surface area contributed by atoms with Gasteiger partial charge in [0, 0.05) is 12.5 Å². The zero-order valence-corrected chi connectivity index (χ0v) is 16.2. The average molecular weight is 357 g/mol. The van der Waals surface area contributed by atoms with E-state index in [2.05, 4.69) is 0 Å². The van der Waals surface area contributed by atoms with E-state index in [9.17, 15) is 9.50 Å². The summed E-state index contributed by atoms with van der Waals surface area (Å²) in [6, 6.07) is 13.9. The smallest absolute Gasteiger partial charge is 0.123 e. The molecule has 0 spiro atoms. The van der Waals surface area contributed by atoms with Gasteiger partial charge in [0.1, 0.15) is 17.2 Å². The van der Waals surface area contributed by atoms with Crippen molar-refractivity contribution < 1.29 is 14.2 Å². The van der Waals surface area contributed by atoms with Crippen molar-refractivity contribution in [3.63, 3.8) is 0 Å². The third kappa shape index (κ3) is 4.51. The number of nitrogens with zero attached hydrogens (tertiary/aromatic N) is 1. The van der Waals surface area contributed by atoms with Gasteiger partial charge in [-0.05, 0) is 62.0 Å². The summed E-state index contributed by atoms with van der Waals surface area (Å²) in [7, 11) is 5.55. The van der Waals surface area contributed by atoms with Gasteiger partial charge in [0.2, 0.25) is 0 Å². The number of hydrogen-bond acceptors (Lipinski definition) is 3. The molecule has 2 aromatic carbocycles. The summed E-state index contributed by atoms with van der Waals surface area (Å²) < 4.78 is 19.0. The van der Waals surface area contributed by atoms with Crippen LogP contribution in [0.25, 0.3) is 6.08 Å². The SMILES string of the molecule is COc1ccc(/C=C(/C)C(O)(c2cccc(F)c2)C(C)CN(C)C)cc1. The summed E-state index contributed by atoms with van der Waals surface area (Å²) in [5.41, 5.74) is 1.01. The maximum absolute atomic E-state index is 13.8. The maximum Gasteiger partial charge on any atom is 0.123 e. The van der Waals surface area contributed by atoms with Crippen LogP contribution >= 0.6 is 0 Å².